The fraction of sp³-hybridized carbons (Fsp3) is 0.650. The van der Waals surface area contributed by atoms with Gasteiger partial charge < -0.3 is 10.1 Å². The lowest BCUT2D eigenvalue weighted by molar-refractivity contribution is -0.123. The van der Waals surface area contributed by atoms with E-state index in [9.17, 15) is 13.2 Å². The number of carbonyl (C=O) groups excluding carboxylic acids is 1. The van der Waals surface area contributed by atoms with Gasteiger partial charge in [0.25, 0.3) is 0 Å². The van der Waals surface area contributed by atoms with Crippen LogP contribution in [0.4, 0.5) is 0 Å². The second-order valence-electron chi connectivity index (χ2n) is 8.46. The molecule has 27 heavy (non-hydrogen) atoms. The summed E-state index contributed by atoms with van der Waals surface area (Å²) in [7, 11) is -3.16. The van der Waals surface area contributed by atoms with Gasteiger partial charge in [0, 0.05) is 36.0 Å². The van der Waals surface area contributed by atoms with E-state index in [1.165, 1.54) is 0 Å². The quantitative estimate of drug-likeness (QED) is 0.851. The van der Waals surface area contributed by atoms with Gasteiger partial charge in [0.2, 0.25) is 15.9 Å². The summed E-state index contributed by atoms with van der Waals surface area (Å²) in [5.41, 5.74) is 1.06. The van der Waals surface area contributed by atoms with Crippen molar-refractivity contribution >= 4 is 15.9 Å². The lowest BCUT2D eigenvalue weighted by Crippen LogP contribution is -2.51. The van der Waals surface area contributed by atoms with Gasteiger partial charge >= 0.3 is 0 Å². The van der Waals surface area contributed by atoms with Gasteiger partial charge in [-0.15, -0.1) is 0 Å². The number of hydrogen-bond acceptors (Lipinski definition) is 4. The monoisotopic (exact) mass is 390 g/mol. The average Bonchev–Trinajstić information content (AvgIpc) is 3.58. The number of benzene rings is 1. The molecule has 1 saturated heterocycles. The number of ether oxygens (including phenoxy) is 1. The first-order chi connectivity index (χ1) is 13.0. The molecule has 5 rings (SSSR count). The van der Waals surface area contributed by atoms with Gasteiger partial charge in [-0.05, 0) is 44.6 Å². The zero-order valence-electron chi connectivity index (χ0n) is 15.4. The van der Waals surface area contributed by atoms with E-state index in [0.29, 0.717) is 19.7 Å². The molecule has 0 aromatic heterocycles. The summed E-state index contributed by atoms with van der Waals surface area (Å²) in [4.78, 5) is 12.9. The Hall–Kier alpha value is -1.60. The Kier molecular flexibility index (Phi) is 4.02. The van der Waals surface area contributed by atoms with Crippen molar-refractivity contribution in [1.82, 2.24) is 9.62 Å². The van der Waals surface area contributed by atoms with Gasteiger partial charge in [0.05, 0.1) is 11.9 Å². The third-order valence-electron chi connectivity index (χ3n) is 6.66. The van der Waals surface area contributed by atoms with Crippen molar-refractivity contribution in [3.63, 3.8) is 0 Å². The number of fused-ring (bicyclic) bond motifs is 2. The minimum atomic E-state index is -3.16. The van der Waals surface area contributed by atoms with E-state index in [1.54, 1.807) is 4.31 Å². The first kappa shape index (κ1) is 17.5. The molecular weight excluding hydrogens is 364 g/mol. The highest BCUT2D eigenvalue weighted by molar-refractivity contribution is 7.90. The normalized spacial score (nSPS) is 33.2. The highest BCUT2D eigenvalue weighted by atomic mass is 32.2. The van der Waals surface area contributed by atoms with Crippen molar-refractivity contribution < 1.29 is 17.9 Å². The molecule has 3 fully saturated rings. The van der Waals surface area contributed by atoms with Crippen molar-refractivity contribution in [1.29, 1.82) is 0 Å². The highest BCUT2D eigenvalue weighted by Gasteiger charge is 2.61. The average molecular weight is 391 g/mol. The number of hydrogen-bond donors (Lipinski definition) is 1. The Balaban J connectivity index is 1.26. The van der Waals surface area contributed by atoms with E-state index in [2.05, 4.69) is 11.4 Å². The van der Waals surface area contributed by atoms with Crippen molar-refractivity contribution in [2.75, 3.05) is 19.7 Å². The van der Waals surface area contributed by atoms with Crippen LogP contribution in [0.15, 0.2) is 24.3 Å². The first-order valence-corrected chi connectivity index (χ1v) is 11.5. The first-order valence-electron chi connectivity index (χ1n) is 10.0. The molecular formula is C20H26N2O4S. The van der Waals surface area contributed by atoms with E-state index in [0.717, 1.165) is 49.8 Å². The topological polar surface area (TPSA) is 75.7 Å². The summed E-state index contributed by atoms with van der Waals surface area (Å²) in [6.07, 6.45) is 4.94. The number of rotatable bonds is 4. The molecule has 1 N–H and O–H groups in total. The van der Waals surface area contributed by atoms with Crippen molar-refractivity contribution in [2.24, 2.45) is 5.92 Å². The Labute approximate surface area is 160 Å². The predicted octanol–water partition coefficient (Wildman–Crippen LogP) is 1.80. The van der Waals surface area contributed by atoms with E-state index < -0.39 is 10.0 Å². The molecule has 0 bridgehead atoms. The van der Waals surface area contributed by atoms with Crippen LogP contribution in [0.25, 0.3) is 0 Å². The van der Waals surface area contributed by atoms with Gasteiger partial charge in [-0.25, -0.2) is 8.42 Å². The molecule has 3 atom stereocenters. The molecule has 1 amide bonds. The number of amides is 1. The van der Waals surface area contributed by atoms with Crippen LogP contribution in [0.5, 0.6) is 5.75 Å². The van der Waals surface area contributed by atoms with Crippen molar-refractivity contribution in [3.05, 3.63) is 29.8 Å². The number of nitrogens with zero attached hydrogens (tertiary/aromatic N) is 1. The number of carbonyl (C=O) groups is 1. The summed E-state index contributed by atoms with van der Waals surface area (Å²) in [6, 6.07) is 7.95. The van der Waals surface area contributed by atoms with Crippen molar-refractivity contribution in [2.45, 2.75) is 55.2 Å². The summed E-state index contributed by atoms with van der Waals surface area (Å²) in [6.45, 7) is 1.66. The summed E-state index contributed by atoms with van der Waals surface area (Å²) < 4.78 is 32.4. The van der Waals surface area contributed by atoms with E-state index >= 15 is 0 Å². The van der Waals surface area contributed by atoms with Crippen LogP contribution in [0, 0.1) is 5.92 Å². The van der Waals surface area contributed by atoms with Gasteiger partial charge in [-0.2, -0.15) is 4.31 Å². The molecule has 2 saturated carbocycles. The second kappa shape index (κ2) is 6.21. The maximum atomic E-state index is 12.9. The summed E-state index contributed by atoms with van der Waals surface area (Å²) >= 11 is 0. The molecule has 2 aliphatic heterocycles. The summed E-state index contributed by atoms with van der Waals surface area (Å²) in [5.74, 6) is 0.943. The Morgan fingerprint density at radius 3 is 2.85 bits per heavy atom. The van der Waals surface area contributed by atoms with Gasteiger partial charge in [0.15, 0.2) is 0 Å². The fourth-order valence-electron chi connectivity index (χ4n) is 4.87. The van der Waals surface area contributed by atoms with Crippen LogP contribution in [-0.4, -0.2) is 49.6 Å². The van der Waals surface area contributed by atoms with Crippen LogP contribution < -0.4 is 10.1 Å². The molecule has 1 aromatic carbocycles. The van der Waals surface area contributed by atoms with Gasteiger partial charge in [-0.1, -0.05) is 18.2 Å². The molecule has 0 radical (unpaired) electrons. The van der Waals surface area contributed by atoms with Crippen LogP contribution >= 0.6 is 0 Å². The largest absolute Gasteiger partial charge is 0.493 e. The molecule has 2 unspecified atom stereocenters. The minimum Gasteiger partial charge on any atom is -0.493 e. The van der Waals surface area contributed by atoms with Crippen LogP contribution in [0.2, 0.25) is 0 Å². The van der Waals surface area contributed by atoms with Gasteiger partial charge in [0.1, 0.15) is 5.75 Å². The third-order valence-corrected chi connectivity index (χ3v) is 9.02. The number of piperidine rings is 1. The van der Waals surface area contributed by atoms with Crippen LogP contribution in [0.3, 0.4) is 0 Å². The smallest absolute Gasteiger partial charge is 0.224 e. The highest BCUT2D eigenvalue weighted by Crippen LogP contribution is 2.60. The molecule has 6 nitrogen and oxygen atoms in total. The maximum Gasteiger partial charge on any atom is 0.224 e. The Bertz CT molecular complexity index is 866. The maximum absolute atomic E-state index is 12.9. The molecule has 2 heterocycles. The Morgan fingerprint density at radius 1 is 1.22 bits per heavy atom. The standard InChI is InChI=1S/C20H26N2O4S/c23-19(17-12-20(17)9-11-26-18-6-2-1-5-16(18)20)21-14-4-3-10-22(13-14)27(24,25)15-7-8-15/h1-2,5-6,14-15,17H,3-4,7-13H2,(H,21,23)/t14-,17?,20?/m1/s1. The molecule has 4 aliphatic rings. The number of para-hydroxylation sites is 1. The SMILES string of the molecule is O=C(N[C@@H]1CCCN(S(=O)(=O)C2CC2)C1)C1CC12CCOc1ccccc12. The molecule has 1 aromatic rings. The van der Waals surface area contributed by atoms with E-state index in [1.807, 2.05) is 18.2 Å². The van der Waals surface area contributed by atoms with Crippen molar-refractivity contribution in [3.8, 4) is 5.75 Å². The minimum absolute atomic E-state index is 0.0297. The number of nitrogens with one attached hydrogen (secondary N) is 1. The van der Waals surface area contributed by atoms with E-state index in [4.69, 9.17) is 4.74 Å². The molecule has 7 heteroatoms. The van der Waals surface area contributed by atoms with Crippen LogP contribution in [-0.2, 0) is 20.2 Å². The predicted molar refractivity (Wildman–Crippen MR) is 101 cm³/mol. The summed E-state index contributed by atoms with van der Waals surface area (Å²) in [5, 5.41) is 2.98. The fourth-order valence-corrected chi connectivity index (χ4v) is 6.80. The zero-order chi connectivity index (χ0) is 18.6. The molecule has 1 spiro atoms. The Morgan fingerprint density at radius 2 is 2.04 bits per heavy atom. The lowest BCUT2D eigenvalue weighted by Gasteiger charge is -2.33. The zero-order valence-corrected chi connectivity index (χ0v) is 16.2. The van der Waals surface area contributed by atoms with Crippen LogP contribution in [0.1, 0.15) is 44.1 Å². The number of sulfonamides is 1. The van der Waals surface area contributed by atoms with E-state index in [-0.39, 0.29) is 28.5 Å². The second-order valence-corrected chi connectivity index (χ2v) is 10.7. The molecule has 2 aliphatic carbocycles. The lowest BCUT2D eigenvalue weighted by atomic mass is 9.87. The third kappa shape index (κ3) is 2.95. The van der Waals surface area contributed by atoms with Gasteiger partial charge in [-0.3, -0.25) is 4.79 Å². The molecule has 146 valence electrons.